The van der Waals surface area contributed by atoms with E-state index in [9.17, 15) is 14.0 Å². The molecule has 1 saturated heterocycles. The number of carboxylic acids is 1. The van der Waals surface area contributed by atoms with Crippen LogP contribution in [0.5, 0.6) is 0 Å². The van der Waals surface area contributed by atoms with Gasteiger partial charge in [-0.05, 0) is 77.0 Å². The number of carbonyl (C=O) groups excluding carboxylic acids is 1. The number of amides is 1. The van der Waals surface area contributed by atoms with Gasteiger partial charge >= 0.3 is 5.97 Å². The van der Waals surface area contributed by atoms with Gasteiger partial charge in [0, 0.05) is 25.3 Å². The van der Waals surface area contributed by atoms with Crippen LogP contribution in [0, 0.1) is 5.92 Å². The van der Waals surface area contributed by atoms with Gasteiger partial charge in [0.1, 0.15) is 12.3 Å². The van der Waals surface area contributed by atoms with Gasteiger partial charge in [-0.2, -0.15) is 0 Å². The van der Waals surface area contributed by atoms with Gasteiger partial charge in [-0.15, -0.1) is 0 Å². The van der Waals surface area contributed by atoms with E-state index >= 15 is 0 Å². The summed E-state index contributed by atoms with van der Waals surface area (Å²) in [6, 6.07) is 0. The van der Waals surface area contributed by atoms with Crippen LogP contribution in [-0.4, -0.2) is 36.4 Å². The summed E-state index contributed by atoms with van der Waals surface area (Å²) in [4.78, 5) is 22.0. The van der Waals surface area contributed by atoms with Crippen LogP contribution in [-0.2, 0) is 14.3 Å². The SMILES string of the molecule is C=C(CCCC1CC(=C)NC(=O)C1)CC/C(C)=C\CC(F)C(C=CCCC/C=C/C(=O)O)OC. The van der Waals surface area contributed by atoms with Crippen LogP contribution in [0.4, 0.5) is 4.39 Å². The van der Waals surface area contributed by atoms with Crippen molar-refractivity contribution >= 4 is 11.9 Å². The minimum absolute atomic E-state index is 0.0728. The van der Waals surface area contributed by atoms with Gasteiger partial charge in [-0.3, -0.25) is 4.79 Å². The lowest BCUT2D eigenvalue weighted by Gasteiger charge is -2.23. The molecule has 3 unspecified atom stereocenters. The number of methoxy groups -OCH3 is 1. The number of piperidine rings is 1. The minimum atomic E-state index is -1.12. The lowest BCUT2D eigenvalue weighted by Crippen LogP contribution is -2.31. The average Bonchev–Trinajstić information content (AvgIpc) is 2.77. The Morgan fingerprint density at radius 2 is 1.97 bits per heavy atom. The smallest absolute Gasteiger partial charge is 0.327 e. The van der Waals surface area contributed by atoms with Crippen LogP contribution in [0.3, 0.4) is 0 Å². The predicted molar refractivity (Wildman–Crippen MR) is 136 cm³/mol. The number of hydrogen-bond acceptors (Lipinski definition) is 3. The fourth-order valence-electron chi connectivity index (χ4n) is 3.99. The summed E-state index contributed by atoms with van der Waals surface area (Å²) >= 11 is 0. The van der Waals surface area contributed by atoms with Crippen molar-refractivity contribution in [3.05, 3.63) is 60.4 Å². The summed E-state index contributed by atoms with van der Waals surface area (Å²) < 4.78 is 19.9. The highest BCUT2D eigenvalue weighted by Gasteiger charge is 2.21. The highest BCUT2D eigenvalue weighted by Crippen LogP contribution is 2.25. The molecule has 0 spiro atoms. The third-order valence-electron chi connectivity index (χ3n) is 5.99. The van der Waals surface area contributed by atoms with Gasteiger partial charge in [0.2, 0.25) is 5.91 Å². The van der Waals surface area contributed by atoms with E-state index in [0.717, 1.165) is 68.7 Å². The molecule has 190 valence electrons. The minimum Gasteiger partial charge on any atom is -0.478 e. The van der Waals surface area contributed by atoms with Crippen LogP contribution in [0.15, 0.2) is 60.4 Å². The number of rotatable bonds is 17. The summed E-state index contributed by atoms with van der Waals surface area (Å²) in [6.07, 6.45) is 15.4. The molecule has 6 heteroatoms. The predicted octanol–water partition coefficient (Wildman–Crippen LogP) is 6.59. The van der Waals surface area contributed by atoms with Gasteiger partial charge < -0.3 is 15.2 Å². The molecular formula is C28H42FNO4. The summed E-state index contributed by atoms with van der Waals surface area (Å²) in [5.41, 5.74) is 3.16. The second kappa shape index (κ2) is 17.0. The molecule has 5 nitrogen and oxygen atoms in total. The van der Waals surface area contributed by atoms with Crippen molar-refractivity contribution < 1.29 is 23.8 Å². The number of carbonyl (C=O) groups is 2. The lowest BCUT2D eigenvalue weighted by atomic mass is 9.89. The summed E-state index contributed by atoms with van der Waals surface area (Å²) in [5, 5.41) is 11.3. The average molecular weight is 476 g/mol. The number of hydrogen-bond donors (Lipinski definition) is 2. The maximum atomic E-state index is 14.6. The van der Waals surface area contributed by atoms with E-state index < -0.39 is 18.2 Å². The number of halogens is 1. The van der Waals surface area contributed by atoms with Crippen molar-refractivity contribution in [2.24, 2.45) is 5.92 Å². The van der Waals surface area contributed by atoms with Crippen molar-refractivity contribution in [3.8, 4) is 0 Å². The van der Waals surface area contributed by atoms with Gasteiger partial charge in [0.25, 0.3) is 0 Å². The monoisotopic (exact) mass is 475 g/mol. The Labute approximate surface area is 204 Å². The maximum absolute atomic E-state index is 14.6. The van der Waals surface area contributed by atoms with Crippen molar-refractivity contribution in [2.45, 2.75) is 89.8 Å². The van der Waals surface area contributed by atoms with Gasteiger partial charge in [0.15, 0.2) is 0 Å². The summed E-state index contributed by atoms with van der Waals surface area (Å²) in [7, 11) is 1.51. The molecule has 34 heavy (non-hydrogen) atoms. The molecule has 1 rings (SSSR count). The van der Waals surface area contributed by atoms with Crippen LogP contribution in [0.1, 0.15) is 77.6 Å². The maximum Gasteiger partial charge on any atom is 0.327 e. The third kappa shape index (κ3) is 13.9. The zero-order valence-corrected chi connectivity index (χ0v) is 20.9. The highest BCUT2D eigenvalue weighted by molar-refractivity contribution is 5.79. The highest BCUT2D eigenvalue weighted by atomic mass is 19.1. The quantitative estimate of drug-likeness (QED) is 0.141. The fourth-order valence-corrected chi connectivity index (χ4v) is 3.99. The zero-order chi connectivity index (χ0) is 25.3. The number of aliphatic carboxylic acids is 1. The van der Waals surface area contributed by atoms with E-state index in [-0.39, 0.29) is 5.91 Å². The van der Waals surface area contributed by atoms with Crippen LogP contribution < -0.4 is 5.32 Å². The Bertz CT molecular complexity index is 752. The van der Waals surface area contributed by atoms with E-state index in [4.69, 9.17) is 9.84 Å². The number of unbranched alkanes of at least 4 members (excludes halogenated alkanes) is 2. The van der Waals surface area contributed by atoms with E-state index in [1.165, 1.54) is 12.7 Å². The van der Waals surface area contributed by atoms with E-state index in [1.807, 2.05) is 19.1 Å². The topological polar surface area (TPSA) is 75.6 Å². The molecule has 0 aromatic heterocycles. The number of nitrogens with one attached hydrogen (secondary N) is 1. The molecular weight excluding hydrogens is 433 g/mol. The molecule has 0 radical (unpaired) electrons. The van der Waals surface area contributed by atoms with Gasteiger partial charge in [-0.25, -0.2) is 9.18 Å². The first kappa shape index (κ1) is 29.6. The molecule has 1 amide bonds. The third-order valence-corrected chi connectivity index (χ3v) is 5.99. The molecule has 3 atom stereocenters. The second-order valence-corrected chi connectivity index (χ2v) is 9.17. The fraction of sp³-hybridized carbons (Fsp3) is 0.571. The van der Waals surface area contributed by atoms with Crippen LogP contribution >= 0.6 is 0 Å². The normalized spacial score (nSPS) is 18.9. The molecule has 0 bridgehead atoms. The molecule has 2 N–H and O–H groups in total. The van der Waals surface area contributed by atoms with E-state index in [2.05, 4.69) is 18.5 Å². The van der Waals surface area contributed by atoms with E-state index in [1.54, 1.807) is 12.2 Å². The van der Waals surface area contributed by atoms with E-state index in [0.29, 0.717) is 25.2 Å². The Morgan fingerprint density at radius 1 is 1.24 bits per heavy atom. The van der Waals surface area contributed by atoms with Crippen molar-refractivity contribution in [1.82, 2.24) is 5.32 Å². The van der Waals surface area contributed by atoms with Crippen molar-refractivity contribution in [3.63, 3.8) is 0 Å². The largest absolute Gasteiger partial charge is 0.478 e. The molecule has 0 aromatic carbocycles. The number of allylic oxidation sites excluding steroid dienone is 6. The Morgan fingerprint density at radius 3 is 2.65 bits per heavy atom. The van der Waals surface area contributed by atoms with Gasteiger partial charge in [-0.1, -0.05) is 48.6 Å². The van der Waals surface area contributed by atoms with Gasteiger partial charge in [0.05, 0.1) is 0 Å². The van der Waals surface area contributed by atoms with Crippen molar-refractivity contribution in [2.75, 3.05) is 7.11 Å². The summed E-state index contributed by atoms with van der Waals surface area (Å²) in [5.74, 6) is -0.487. The van der Waals surface area contributed by atoms with Crippen LogP contribution in [0.2, 0.25) is 0 Å². The zero-order valence-electron chi connectivity index (χ0n) is 20.9. The molecule has 0 aliphatic carbocycles. The Kier molecular flexibility index (Phi) is 14.8. The first-order valence-corrected chi connectivity index (χ1v) is 12.2. The molecule has 1 aliphatic rings. The molecule has 1 heterocycles. The standard InChI is InChI=1S/C28H42FNO4/c1-21(11-10-12-24-19-23(3)30-27(31)20-24)15-16-22(2)17-18-25(29)26(34-4)13-8-6-5-7-9-14-28(32)33/h8-9,13-14,17,24-26H,1,3,5-7,10-12,15-16,18-20H2,2,4H3,(H,30,31)(H,32,33)/b13-8?,14-9+,22-17-. The number of carboxylic acid groups (broad SMARTS) is 1. The summed E-state index contributed by atoms with van der Waals surface area (Å²) in [6.45, 7) is 10.1. The molecule has 1 fully saturated rings. The van der Waals surface area contributed by atoms with Crippen LogP contribution in [0.25, 0.3) is 0 Å². The first-order chi connectivity index (χ1) is 16.2. The second-order valence-electron chi connectivity index (χ2n) is 9.17. The number of ether oxygens (including phenoxy) is 1. The molecule has 1 aliphatic heterocycles. The first-order valence-electron chi connectivity index (χ1n) is 12.2. The lowest BCUT2D eigenvalue weighted by molar-refractivity contribution is -0.131. The Balaban J connectivity index is 2.26. The van der Waals surface area contributed by atoms with Crippen molar-refractivity contribution in [1.29, 1.82) is 0 Å². The Hall–Kier alpha value is -2.47. The molecule has 0 saturated carbocycles. The number of alkyl halides is 1. The molecule has 0 aromatic rings.